The van der Waals surface area contributed by atoms with E-state index in [0.29, 0.717) is 5.69 Å². The molecule has 2 rings (SSSR count). The van der Waals surface area contributed by atoms with Gasteiger partial charge >= 0.3 is 0 Å². The molecule has 0 fully saturated rings. The molecule has 1 amide bonds. The summed E-state index contributed by atoms with van der Waals surface area (Å²) in [4.78, 5) is 12.2. The van der Waals surface area contributed by atoms with Gasteiger partial charge in [0.1, 0.15) is 0 Å². The van der Waals surface area contributed by atoms with Crippen LogP contribution in [0.4, 0.5) is 5.69 Å². The van der Waals surface area contributed by atoms with Crippen molar-refractivity contribution in [3.05, 3.63) is 65.2 Å². The van der Waals surface area contributed by atoms with E-state index in [2.05, 4.69) is 5.32 Å². The van der Waals surface area contributed by atoms with Crippen LogP contribution >= 0.6 is 0 Å². The van der Waals surface area contributed by atoms with Crippen LogP contribution in [0.2, 0.25) is 0 Å². The third kappa shape index (κ3) is 6.10. The second-order valence-electron chi connectivity index (χ2n) is 7.06. The lowest BCUT2D eigenvalue weighted by molar-refractivity contribution is -0.120. The molecule has 0 aromatic heterocycles. The highest BCUT2D eigenvalue weighted by Gasteiger charge is 2.21. The number of hydrogen-bond acceptors (Lipinski definition) is 3. The Labute approximate surface area is 162 Å². The highest BCUT2D eigenvalue weighted by Crippen LogP contribution is 2.28. The molecule has 0 radical (unpaired) electrons. The van der Waals surface area contributed by atoms with Crippen molar-refractivity contribution in [3.8, 4) is 0 Å². The number of sulfonamides is 1. The number of amides is 1. The van der Waals surface area contributed by atoms with Crippen molar-refractivity contribution in [1.82, 2.24) is 5.32 Å². The zero-order chi connectivity index (χ0) is 20.0. The van der Waals surface area contributed by atoms with E-state index in [9.17, 15) is 13.2 Å². The van der Waals surface area contributed by atoms with Gasteiger partial charge in [0.25, 0.3) is 0 Å². The molecule has 6 heteroatoms. The lowest BCUT2D eigenvalue weighted by Gasteiger charge is -2.26. The van der Waals surface area contributed by atoms with Crippen LogP contribution in [0.5, 0.6) is 0 Å². The molecule has 0 spiro atoms. The summed E-state index contributed by atoms with van der Waals surface area (Å²) in [6.45, 7) is 6.50. The summed E-state index contributed by atoms with van der Waals surface area (Å²) in [6.07, 6.45) is 1.47. The van der Waals surface area contributed by atoms with Crippen LogP contribution in [-0.2, 0) is 21.2 Å². The predicted molar refractivity (Wildman–Crippen MR) is 111 cm³/mol. The first-order valence-corrected chi connectivity index (χ1v) is 10.9. The number of nitrogens with zero attached hydrogens (tertiary/aromatic N) is 1. The maximum atomic E-state index is 12.3. The molecule has 0 atom stereocenters. The molecule has 0 aliphatic rings. The van der Waals surface area contributed by atoms with Gasteiger partial charge < -0.3 is 5.32 Å². The van der Waals surface area contributed by atoms with Gasteiger partial charge in [-0.15, -0.1) is 0 Å². The van der Waals surface area contributed by atoms with Gasteiger partial charge in [0, 0.05) is 6.54 Å². The molecule has 0 heterocycles. The summed E-state index contributed by atoms with van der Waals surface area (Å²) >= 11 is 0. The summed E-state index contributed by atoms with van der Waals surface area (Å²) in [5.41, 5.74) is 3.68. The quantitative estimate of drug-likeness (QED) is 0.755. The first-order chi connectivity index (χ1) is 12.7. The summed E-state index contributed by atoms with van der Waals surface area (Å²) < 4.78 is 26.0. The first kappa shape index (κ1) is 21.0. The smallest absolute Gasteiger partial charge is 0.232 e. The SMILES string of the molecule is Cc1cccc(CC(=O)NCCN(c2ccccc2C(C)C)S(C)(=O)=O)c1. The van der Waals surface area contributed by atoms with E-state index < -0.39 is 10.0 Å². The van der Waals surface area contributed by atoms with Crippen molar-refractivity contribution >= 4 is 21.6 Å². The second kappa shape index (κ2) is 9.04. The molecular formula is C21H28N2O3S. The lowest BCUT2D eigenvalue weighted by Crippen LogP contribution is -2.39. The molecule has 2 aromatic rings. The van der Waals surface area contributed by atoms with Gasteiger partial charge in [0.15, 0.2) is 0 Å². The molecule has 0 aliphatic heterocycles. The van der Waals surface area contributed by atoms with Crippen molar-refractivity contribution in [1.29, 1.82) is 0 Å². The summed E-state index contributed by atoms with van der Waals surface area (Å²) in [7, 11) is -3.45. The Morgan fingerprint density at radius 3 is 2.44 bits per heavy atom. The molecule has 146 valence electrons. The minimum atomic E-state index is -3.45. The van der Waals surface area contributed by atoms with Gasteiger partial charge in [-0.1, -0.05) is 61.9 Å². The van der Waals surface area contributed by atoms with E-state index in [0.717, 1.165) is 16.7 Å². The van der Waals surface area contributed by atoms with Crippen LogP contribution in [0, 0.1) is 6.92 Å². The monoisotopic (exact) mass is 388 g/mol. The molecule has 27 heavy (non-hydrogen) atoms. The molecule has 0 unspecified atom stereocenters. The molecular weight excluding hydrogens is 360 g/mol. The minimum absolute atomic E-state index is 0.119. The molecule has 0 saturated heterocycles. The average molecular weight is 389 g/mol. The highest BCUT2D eigenvalue weighted by atomic mass is 32.2. The van der Waals surface area contributed by atoms with Gasteiger partial charge in [0.2, 0.25) is 15.9 Å². The van der Waals surface area contributed by atoms with Crippen LogP contribution in [0.25, 0.3) is 0 Å². The number of benzene rings is 2. The minimum Gasteiger partial charge on any atom is -0.354 e. The molecule has 0 aliphatic carbocycles. The number of carbonyl (C=O) groups is 1. The van der Waals surface area contributed by atoms with Crippen LogP contribution in [-0.4, -0.2) is 33.7 Å². The fraction of sp³-hybridized carbons (Fsp3) is 0.381. The van der Waals surface area contributed by atoms with E-state index in [1.54, 1.807) is 0 Å². The maximum absolute atomic E-state index is 12.3. The van der Waals surface area contributed by atoms with Crippen LogP contribution in [0.1, 0.15) is 36.5 Å². The summed E-state index contributed by atoms with van der Waals surface area (Å²) in [5.74, 6) is 0.0764. The number of anilines is 1. The molecule has 1 N–H and O–H groups in total. The van der Waals surface area contributed by atoms with Crippen molar-refractivity contribution < 1.29 is 13.2 Å². The molecule has 0 bridgehead atoms. The summed E-state index contributed by atoms with van der Waals surface area (Å²) in [5, 5.41) is 2.83. The topological polar surface area (TPSA) is 66.5 Å². The Morgan fingerprint density at radius 1 is 1.11 bits per heavy atom. The van der Waals surface area contributed by atoms with Crippen LogP contribution in [0.15, 0.2) is 48.5 Å². The number of nitrogens with one attached hydrogen (secondary N) is 1. The Kier molecular flexibility index (Phi) is 7.02. The Balaban J connectivity index is 2.05. The lowest BCUT2D eigenvalue weighted by atomic mass is 10.0. The number of rotatable bonds is 8. The van der Waals surface area contributed by atoms with E-state index in [1.165, 1.54) is 10.6 Å². The van der Waals surface area contributed by atoms with Gasteiger partial charge in [-0.3, -0.25) is 9.10 Å². The average Bonchev–Trinajstić information content (AvgIpc) is 2.57. The van der Waals surface area contributed by atoms with E-state index in [1.807, 2.05) is 69.3 Å². The highest BCUT2D eigenvalue weighted by molar-refractivity contribution is 7.92. The number of hydrogen-bond donors (Lipinski definition) is 1. The molecule has 0 saturated carbocycles. The van der Waals surface area contributed by atoms with Gasteiger partial charge in [-0.25, -0.2) is 8.42 Å². The van der Waals surface area contributed by atoms with E-state index in [4.69, 9.17) is 0 Å². The van der Waals surface area contributed by atoms with Crippen molar-refractivity contribution in [2.75, 3.05) is 23.7 Å². The third-order valence-corrected chi connectivity index (χ3v) is 5.49. The Bertz CT molecular complexity index is 892. The normalized spacial score (nSPS) is 11.4. The molecule has 2 aromatic carbocycles. The zero-order valence-corrected chi connectivity index (χ0v) is 17.2. The molecule has 5 nitrogen and oxygen atoms in total. The summed E-state index contributed by atoms with van der Waals surface area (Å²) in [6, 6.07) is 15.3. The standard InChI is InChI=1S/C21H28N2O3S/c1-16(2)19-10-5-6-11-20(19)23(27(4,25)26)13-12-22-21(24)15-18-9-7-8-17(3)14-18/h5-11,14,16H,12-13,15H2,1-4H3,(H,22,24). The van der Waals surface area contributed by atoms with Crippen molar-refractivity contribution in [2.45, 2.75) is 33.1 Å². The van der Waals surface area contributed by atoms with Gasteiger partial charge in [0.05, 0.1) is 24.9 Å². The van der Waals surface area contributed by atoms with Crippen LogP contribution in [0.3, 0.4) is 0 Å². The van der Waals surface area contributed by atoms with Crippen molar-refractivity contribution in [3.63, 3.8) is 0 Å². The van der Waals surface area contributed by atoms with E-state index in [-0.39, 0.29) is 31.3 Å². The van der Waals surface area contributed by atoms with Gasteiger partial charge in [-0.05, 0) is 30.0 Å². The van der Waals surface area contributed by atoms with Gasteiger partial charge in [-0.2, -0.15) is 0 Å². The zero-order valence-electron chi connectivity index (χ0n) is 16.4. The number of carbonyl (C=O) groups excluding carboxylic acids is 1. The number of para-hydroxylation sites is 1. The Hall–Kier alpha value is -2.34. The van der Waals surface area contributed by atoms with Crippen LogP contribution < -0.4 is 9.62 Å². The second-order valence-corrected chi connectivity index (χ2v) is 8.97. The number of aryl methyl sites for hydroxylation is 1. The van der Waals surface area contributed by atoms with Crippen molar-refractivity contribution in [2.24, 2.45) is 0 Å². The fourth-order valence-electron chi connectivity index (χ4n) is 3.03. The third-order valence-electron chi connectivity index (χ3n) is 4.31. The predicted octanol–water partition coefficient (Wildman–Crippen LogP) is 3.24. The largest absolute Gasteiger partial charge is 0.354 e. The Morgan fingerprint density at radius 2 is 1.81 bits per heavy atom. The fourth-order valence-corrected chi connectivity index (χ4v) is 3.98. The first-order valence-electron chi connectivity index (χ1n) is 9.07. The van der Waals surface area contributed by atoms with E-state index >= 15 is 0 Å². The maximum Gasteiger partial charge on any atom is 0.232 e.